The Balaban J connectivity index is 1.64. The highest BCUT2D eigenvalue weighted by molar-refractivity contribution is 7.89. The fourth-order valence-electron chi connectivity index (χ4n) is 3.12. The van der Waals surface area contributed by atoms with E-state index < -0.39 is 10.0 Å². The smallest absolute Gasteiger partial charge is 0.255 e. The molecular weight excluding hydrogens is 364 g/mol. The maximum atomic E-state index is 12.4. The van der Waals surface area contributed by atoms with Crippen molar-refractivity contribution in [2.75, 3.05) is 11.9 Å². The second-order valence-corrected chi connectivity index (χ2v) is 8.25. The van der Waals surface area contributed by atoms with Crippen molar-refractivity contribution in [3.8, 4) is 5.75 Å². The molecule has 1 saturated carbocycles. The first-order chi connectivity index (χ1) is 13.0. The molecule has 0 radical (unpaired) electrons. The van der Waals surface area contributed by atoms with Crippen LogP contribution in [0.3, 0.4) is 0 Å². The molecule has 0 aromatic heterocycles. The lowest BCUT2D eigenvalue weighted by Crippen LogP contribution is -2.32. The Hall–Kier alpha value is -2.38. The molecular formula is C20H24N2O4S. The SMILES string of the molecule is CCOc1ccc(NC(=O)c2ccc(S(=O)(=O)NC3CCCC3)cc2)cc1. The van der Waals surface area contributed by atoms with Crippen molar-refractivity contribution in [3.63, 3.8) is 0 Å². The van der Waals surface area contributed by atoms with Crippen LogP contribution in [0.2, 0.25) is 0 Å². The van der Waals surface area contributed by atoms with Crippen LogP contribution >= 0.6 is 0 Å². The van der Waals surface area contributed by atoms with Gasteiger partial charge in [0.05, 0.1) is 11.5 Å². The quantitative estimate of drug-likeness (QED) is 0.760. The van der Waals surface area contributed by atoms with Crippen LogP contribution < -0.4 is 14.8 Å². The van der Waals surface area contributed by atoms with Gasteiger partial charge in [0.1, 0.15) is 5.75 Å². The molecule has 0 heterocycles. The van der Waals surface area contributed by atoms with Gasteiger partial charge < -0.3 is 10.1 Å². The van der Waals surface area contributed by atoms with Gasteiger partial charge in [-0.15, -0.1) is 0 Å². The van der Waals surface area contributed by atoms with Crippen molar-refractivity contribution >= 4 is 21.6 Å². The van der Waals surface area contributed by atoms with Crippen molar-refractivity contribution in [2.24, 2.45) is 0 Å². The Bertz CT molecular complexity index is 871. The number of benzene rings is 2. The van der Waals surface area contributed by atoms with E-state index in [1.54, 1.807) is 24.3 Å². The van der Waals surface area contributed by atoms with E-state index in [9.17, 15) is 13.2 Å². The zero-order chi connectivity index (χ0) is 19.3. The molecule has 1 aliphatic rings. The van der Waals surface area contributed by atoms with Gasteiger partial charge in [0.25, 0.3) is 5.91 Å². The predicted octanol–water partition coefficient (Wildman–Crippen LogP) is 3.56. The molecule has 0 aliphatic heterocycles. The van der Waals surface area contributed by atoms with Gasteiger partial charge in [-0.1, -0.05) is 12.8 Å². The first kappa shape index (κ1) is 19.4. The van der Waals surface area contributed by atoms with Crippen LogP contribution in [0.5, 0.6) is 5.75 Å². The number of amides is 1. The van der Waals surface area contributed by atoms with Crippen molar-refractivity contribution in [2.45, 2.75) is 43.5 Å². The van der Waals surface area contributed by atoms with Crippen molar-refractivity contribution in [1.29, 1.82) is 0 Å². The number of carbonyl (C=O) groups is 1. The molecule has 2 aromatic carbocycles. The zero-order valence-electron chi connectivity index (χ0n) is 15.3. The lowest BCUT2D eigenvalue weighted by Gasteiger charge is -2.13. The van der Waals surface area contributed by atoms with Gasteiger partial charge in [-0.25, -0.2) is 13.1 Å². The molecule has 1 fully saturated rings. The summed E-state index contributed by atoms with van der Waals surface area (Å²) in [5.74, 6) is 0.437. The van der Waals surface area contributed by atoms with Gasteiger partial charge in [-0.3, -0.25) is 4.79 Å². The van der Waals surface area contributed by atoms with Crippen LogP contribution in [0.4, 0.5) is 5.69 Å². The Labute approximate surface area is 160 Å². The summed E-state index contributed by atoms with van der Waals surface area (Å²) in [7, 11) is -3.55. The third-order valence-electron chi connectivity index (χ3n) is 4.53. The molecule has 144 valence electrons. The minimum absolute atomic E-state index is 0.0117. The van der Waals surface area contributed by atoms with E-state index in [0.29, 0.717) is 17.9 Å². The van der Waals surface area contributed by atoms with Gasteiger partial charge in [-0.05, 0) is 68.3 Å². The van der Waals surface area contributed by atoms with Crippen molar-refractivity contribution in [1.82, 2.24) is 4.72 Å². The number of hydrogen-bond donors (Lipinski definition) is 2. The number of nitrogens with one attached hydrogen (secondary N) is 2. The van der Waals surface area contributed by atoms with Crippen LogP contribution in [-0.2, 0) is 10.0 Å². The standard InChI is InChI=1S/C20H24N2O4S/c1-2-26-18-11-9-16(10-12-18)21-20(23)15-7-13-19(14-8-15)27(24,25)22-17-5-3-4-6-17/h7-14,17,22H,2-6H2,1H3,(H,21,23). The molecule has 1 aliphatic carbocycles. The number of rotatable bonds is 7. The molecule has 0 bridgehead atoms. The largest absolute Gasteiger partial charge is 0.494 e. The first-order valence-corrected chi connectivity index (χ1v) is 10.6. The number of ether oxygens (including phenoxy) is 1. The molecule has 6 nitrogen and oxygen atoms in total. The first-order valence-electron chi connectivity index (χ1n) is 9.14. The molecule has 1 amide bonds. The fraction of sp³-hybridized carbons (Fsp3) is 0.350. The third-order valence-corrected chi connectivity index (χ3v) is 6.06. The summed E-state index contributed by atoms with van der Waals surface area (Å²) >= 11 is 0. The average molecular weight is 388 g/mol. The van der Waals surface area contributed by atoms with Gasteiger partial charge in [-0.2, -0.15) is 0 Å². The second-order valence-electron chi connectivity index (χ2n) is 6.54. The van der Waals surface area contributed by atoms with E-state index >= 15 is 0 Å². The highest BCUT2D eigenvalue weighted by Crippen LogP contribution is 2.21. The molecule has 7 heteroatoms. The minimum atomic E-state index is -3.55. The Kier molecular flexibility index (Phi) is 6.13. The van der Waals surface area contributed by atoms with Crippen LogP contribution in [0.15, 0.2) is 53.4 Å². The van der Waals surface area contributed by atoms with Crippen molar-refractivity contribution in [3.05, 3.63) is 54.1 Å². The summed E-state index contributed by atoms with van der Waals surface area (Å²) in [6.07, 6.45) is 3.86. The molecule has 3 rings (SSSR count). The lowest BCUT2D eigenvalue weighted by molar-refractivity contribution is 0.102. The Morgan fingerprint density at radius 3 is 2.26 bits per heavy atom. The summed E-state index contributed by atoms with van der Waals surface area (Å²) in [6, 6.07) is 13.1. The summed E-state index contributed by atoms with van der Waals surface area (Å²) in [6.45, 7) is 2.49. The number of anilines is 1. The summed E-state index contributed by atoms with van der Waals surface area (Å²) in [4.78, 5) is 12.5. The molecule has 0 spiro atoms. The van der Waals surface area contributed by atoms with E-state index in [1.165, 1.54) is 24.3 Å². The monoisotopic (exact) mass is 388 g/mol. The fourth-order valence-corrected chi connectivity index (χ4v) is 4.43. The van der Waals surface area contributed by atoms with Gasteiger partial charge in [0.2, 0.25) is 10.0 Å². The average Bonchev–Trinajstić information content (AvgIpc) is 3.16. The van der Waals surface area contributed by atoms with E-state index in [-0.39, 0.29) is 16.8 Å². The van der Waals surface area contributed by atoms with Crippen molar-refractivity contribution < 1.29 is 17.9 Å². The minimum Gasteiger partial charge on any atom is -0.494 e. The van der Waals surface area contributed by atoms with Gasteiger partial charge in [0, 0.05) is 17.3 Å². The molecule has 27 heavy (non-hydrogen) atoms. The highest BCUT2D eigenvalue weighted by Gasteiger charge is 2.23. The maximum Gasteiger partial charge on any atom is 0.255 e. The van der Waals surface area contributed by atoms with Crippen LogP contribution in [0.25, 0.3) is 0 Å². The van der Waals surface area contributed by atoms with Crippen LogP contribution in [-0.4, -0.2) is 27.0 Å². The molecule has 0 atom stereocenters. The Morgan fingerprint density at radius 2 is 1.67 bits per heavy atom. The van der Waals surface area contributed by atoms with Gasteiger partial charge in [0.15, 0.2) is 0 Å². The number of carbonyl (C=O) groups excluding carboxylic acids is 1. The van der Waals surface area contributed by atoms with E-state index in [0.717, 1.165) is 31.4 Å². The molecule has 2 aromatic rings. The van der Waals surface area contributed by atoms with Gasteiger partial charge >= 0.3 is 0 Å². The van der Waals surface area contributed by atoms with Crippen LogP contribution in [0, 0.1) is 0 Å². The topological polar surface area (TPSA) is 84.5 Å². The number of hydrogen-bond acceptors (Lipinski definition) is 4. The number of sulfonamides is 1. The second kappa shape index (κ2) is 8.54. The summed E-state index contributed by atoms with van der Waals surface area (Å²) in [5.41, 5.74) is 1.03. The molecule has 0 saturated heterocycles. The van der Waals surface area contributed by atoms with E-state index in [4.69, 9.17) is 4.74 Å². The van der Waals surface area contributed by atoms with Crippen LogP contribution in [0.1, 0.15) is 43.0 Å². The Morgan fingerprint density at radius 1 is 1.04 bits per heavy atom. The normalized spacial score (nSPS) is 14.9. The predicted molar refractivity (Wildman–Crippen MR) is 105 cm³/mol. The maximum absolute atomic E-state index is 12.4. The highest BCUT2D eigenvalue weighted by atomic mass is 32.2. The zero-order valence-corrected chi connectivity index (χ0v) is 16.1. The van der Waals surface area contributed by atoms with E-state index in [2.05, 4.69) is 10.0 Å². The summed E-state index contributed by atoms with van der Waals surface area (Å²) < 4.78 is 32.9. The molecule has 2 N–H and O–H groups in total. The summed E-state index contributed by atoms with van der Waals surface area (Å²) in [5, 5.41) is 2.78. The lowest BCUT2D eigenvalue weighted by atomic mass is 10.2. The molecule has 0 unspecified atom stereocenters. The third kappa shape index (κ3) is 5.08. The van der Waals surface area contributed by atoms with E-state index in [1.807, 2.05) is 6.92 Å².